The third kappa shape index (κ3) is 67.6. The van der Waals surface area contributed by atoms with E-state index in [0.29, 0.717) is 19.3 Å². The van der Waals surface area contributed by atoms with Crippen molar-refractivity contribution in [1.29, 1.82) is 0 Å². The quantitative estimate of drug-likeness (QED) is 0.0261. The Morgan fingerprint density at radius 2 is 0.476 bits per heavy atom. The van der Waals surface area contributed by atoms with E-state index in [-0.39, 0.29) is 31.1 Å². The maximum Gasteiger partial charge on any atom is 0.306 e. The first kappa shape index (κ1) is 78.8. The second kappa shape index (κ2) is 70.3. The Kier molecular flexibility index (Phi) is 67.6. The number of rotatable bonds is 66. The molecule has 6 nitrogen and oxygen atoms in total. The molecule has 0 rings (SSSR count). The lowest BCUT2D eigenvalue weighted by atomic mass is 10.0. The molecule has 0 aromatic rings. The van der Waals surface area contributed by atoms with Gasteiger partial charge in [-0.15, -0.1) is 0 Å². The zero-order valence-corrected chi connectivity index (χ0v) is 54.8. The number of carbonyl (C=O) groups excluding carboxylic acids is 3. The van der Waals surface area contributed by atoms with Crippen molar-refractivity contribution in [3.05, 3.63) is 72.9 Å². The van der Waals surface area contributed by atoms with Gasteiger partial charge < -0.3 is 14.2 Å². The second-order valence-corrected chi connectivity index (χ2v) is 24.1. The van der Waals surface area contributed by atoms with Crippen molar-refractivity contribution in [2.75, 3.05) is 13.2 Å². The van der Waals surface area contributed by atoms with E-state index < -0.39 is 6.10 Å². The monoisotopic (exact) mass is 1150 g/mol. The van der Waals surface area contributed by atoms with E-state index in [4.69, 9.17) is 14.2 Å². The number of hydrogen-bond acceptors (Lipinski definition) is 6. The molecule has 0 heterocycles. The molecule has 1 atom stereocenters. The molecule has 0 aliphatic rings. The van der Waals surface area contributed by atoms with Crippen molar-refractivity contribution in [1.82, 2.24) is 0 Å². The van der Waals surface area contributed by atoms with E-state index in [1.54, 1.807) is 0 Å². The molecule has 0 spiro atoms. The summed E-state index contributed by atoms with van der Waals surface area (Å²) in [6, 6.07) is 0. The number of unbranched alkanes of at least 4 members (excludes halogenated alkanes) is 43. The summed E-state index contributed by atoms with van der Waals surface area (Å²) in [5, 5.41) is 0. The van der Waals surface area contributed by atoms with Crippen molar-refractivity contribution < 1.29 is 28.6 Å². The summed E-state index contributed by atoms with van der Waals surface area (Å²) in [4.78, 5) is 38.4. The van der Waals surface area contributed by atoms with E-state index in [1.165, 1.54) is 244 Å². The normalized spacial score (nSPS) is 12.5. The van der Waals surface area contributed by atoms with Gasteiger partial charge in [0, 0.05) is 19.3 Å². The standard InChI is InChI=1S/C76H136O6/c1-4-7-10-13-16-19-22-25-27-29-31-32-33-34-35-36-37-38-39-40-41-42-43-44-46-47-49-51-54-57-60-63-66-69-75(78)81-72-73(71-80-74(77)68-65-62-59-56-53-24-21-18-15-12-9-6-3)82-76(79)70-67-64-61-58-55-52-50-48-45-30-28-26-23-20-17-14-11-8-5-2/h7,10,16,18-19,21,25-28,31-32,73H,4-6,8-9,11-15,17,20,22-24,29-30,33-72H2,1-3H3/b10-7-,19-16-,21-18-,27-25-,28-26-,32-31-. The summed E-state index contributed by atoms with van der Waals surface area (Å²) in [7, 11) is 0. The summed E-state index contributed by atoms with van der Waals surface area (Å²) in [6.07, 6.45) is 92.3. The molecule has 0 saturated heterocycles. The van der Waals surface area contributed by atoms with Crippen LogP contribution >= 0.6 is 0 Å². The van der Waals surface area contributed by atoms with Gasteiger partial charge in [-0.2, -0.15) is 0 Å². The van der Waals surface area contributed by atoms with E-state index in [0.717, 1.165) is 89.9 Å². The lowest BCUT2D eigenvalue weighted by molar-refractivity contribution is -0.167. The van der Waals surface area contributed by atoms with Gasteiger partial charge in [0.15, 0.2) is 6.10 Å². The molecule has 476 valence electrons. The molecule has 6 heteroatoms. The van der Waals surface area contributed by atoms with Crippen molar-refractivity contribution >= 4 is 17.9 Å². The Morgan fingerprint density at radius 1 is 0.256 bits per heavy atom. The van der Waals surface area contributed by atoms with E-state index in [2.05, 4.69) is 93.7 Å². The Morgan fingerprint density at radius 3 is 0.780 bits per heavy atom. The van der Waals surface area contributed by atoms with Crippen LogP contribution in [-0.2, 0) is 28.6 Å². The number of ether oxygens (including phenoxy) is 3. The van der Waals surface area contributed by atoms with Crippen LogP contribution in [0.1, 0.15) is 374 Å². The maximum atomic E-state index is 12.9. The Hall–Kier alpha value is -3.15. The van der Waals surface area contributed by atoms with Crippen LogP contribution in [0.3, 0.4) is 0 Å². The van der Waals surface area contributed by atoms with Crippen LogP contribution in [0.4, 0.5) is 0 Å². The van der Waals surface area contributed by atoms with Gasteiger partial charge in [0.05, 0.1) is 0 Å². The van der Waals surface area contributed by atoms with Crippen LogP contribution in [0.25, 0.3) is 0 Å². The largest absolute Gasteiger partial charge is 0.462 e. The highest BCUT2D eigenvalue weighted by Crippen LogP contribution is 2.18. The molecule has 0 bridgehead atoms. The van der Waals surface area contributed by atoms with Gasteiger partial charge >= 0.3 is 17.9 Å². The lowest BCUT2D eigenvalue weighted by Gasteiger charge is -2.18. The molecule has 0 amide bonds. The van der Waals surface area contributed by atoms with Gasteiger partial charge in [-0.3, -0.25) is 14.4 Å². The van der Waals surface area contributed by atoms with Crippen LogP contribution in [0, 0.1) is 0 Å². The zero-order chi connectivity index (χ0) is 59.2. The first-order valence-electron chi connectivity index (χ1n) is 35.9. The molecule has 0 N–H and O–H groups in total. The average molecular weight is 1150 g/mol. The van der Waals surface area contributed by atoms with Crippen LogP contribution < -0.4 is 0 Å². The van der Waals surface area contributed by atoms with Gasteiger partial charge in [0.1, 0.15) is 13.2 Å². The summed E-state index contributed by atoms with van der Waals surface area (Å²) in [5.41, 5.74) is 0. The third-order valence-corrected chi connectivity index (χ3v) is 15.9. The molecule has 0 radical (unpaired) electrons. The van der Waals surface area contributed by atoms with Crippen LogP contribution in [0.2, 0.25) is 0 Å². The average Bonchev–Trinajstić information content (AvgIpc) is 3.47. The predicted octanol–water partition coefficient (Wildman–Crippen LogP) is 24.8. The first-order chi connectivity index (χ1) is 40.5. The highest BCUT2D eigenvalue weighted by molar-refractivity contribution is 5.71. The maximum absolute atomic E-state index is 12.9. The number of hydrogen-bond donors (Lipinski definition) is 0. The summed E-state index contributed by atoms with van der Waals surface area (Å²) >= 11 is 0. The number of allylic oxidation sites excluding steroid dienone is 12. The van der Waals surface area contributed by atoms with E-state index in [1.807, 2.05) is 0 Å². The molecule has 82 heavy (non-hydrogen) atoms. The van der Waals surface area contributed by atoms with Crippen molar-refractivity contribution in [2.45, 2.75) is 380 Å². The van der Waals surface area contributed by atoms with Crippen LogP contribution in [0.5, 0.6) is 0 Å². The SMILES string of the molecule is CC/C=C\C/C=C\C/C=C\C/C=C\CCCCCCCCCCCCCCCCCCCCCCC(=O)OCC(COC(=O)CCCCCCC/C=C\CCCCC)OC(=O)CCCCCCCCCCC/C=C\CCCCCCCC. The smallest absolute Gasteiger partial charge is 0.306 e. The van der Waals surface area contributed by atoms with Gasteiger partial charge in [0.2, 0.25) is 0 Å². The minimum atomic E-state index is -0.778. The fourth-order valence-electron chi connectivity index (χ4n) is 10.5. The Bertz CT molecular complexity index is 1500. The third-order valence-electron chi connectivity index (χ3n) is 15.9. The van der Waals surface area contributed by atoms with E-state index >= 15 is 0 Å². The molecule has 0 aliphatic heterocycles. The van der Waals surface area contributed by atoms with Gasteiger partial charge in [-0.1, -0.05) is 318 Å². The minimum absolute atomic E-state index is 0.0737. The van der Waals surface area contributed by atoms with Gasteiger partial charge in [0.25, 0.3) is 0 Å². The van der Waals surface area contributed by atoms with Crippen molar-refractivity contribution in [3.8, 4) is 0 Å². The predicted molar refractivity (Wildman–Crippen MR) is 358 cm³/mol. The second-order valence-electron chi connectivity index (χ2n) is 24.1. The van der Waals surface area contributed by atoms with Gasteiger partial charge in [-0.05, 0) is 109 Å². The molecule has 0 aliphatic carbocycles. The van der Waals surface area contributed by atoms with E-state index in [9.17, 15) is 14.4 Å². The minimum Gasteiger partial charge on any atom is -0.462 e. The Labute approximate surface area is 510 Å². The molecule has 0 aromatic carbocycles. The summed E-state index contributed by atoms with van der Waals surface area (Å²) in [5.74, 6) is -0.863. The zero-order valence-electron chi connectivity index (χ0n) is 54.8. The first-order valence-corrected chi connectivity index (χ1v) is 35.9. The topological polar surface area (TPSA) is 78.9 Å². The van der Waals surface area contributed by atoms with Crippen molar-refractivity contribution in [3.63, 3.8) is 0 Å². The van der Waals surface area contributed by atoms with Crippen LogP contribution in [0.15, 0.2) is 72.9 Å². The number of carbonyl (C=O) groups is 3. The highest BCUT2D eigenvalue weighted by Gasteiger charge is 2.19. The highest BCUT2D eigenvalue weighted by atomic mass is 16.6. The molecule has 0 aromatic heterocycles. The fraction of sp³-hybridized carbons (Fsp3) is 0.803. The summed E-state index contributed by atoms with van der Waals surface area (Å²) in [6.45, 7) is 6.54. The molecule has 0 fully saturated rings. The molecule has 0 saturated carbocycles. The molecular weight excluding hydrogens is 1010 g/mol. The molecule has 1 unspecified atom stereocenters. The van der Waals surface area contributed by atoms with Gasteiger partial charge in [-0.25, -0.2) is 0 Å². The Balaban J connectivity index is 4.13. The number of esters is 3. The summed E-state index contributed by atoms with van der Waals surface area (Å²) < 4.78 is 17.0. The molecular formula is C76H136O6. The lowest BCUT2D eigenvalue weighted by Crippen LogP contribution is -2.30. The fourth-order valence-corrected chi connectivity index (χ4v) is 10.5. The van der Waals surface area contributed by atoms with Crippen LogP contribution in [-0.4, -0.2) is 37.2 Å². The van der Waals surface area contributed by atoms with Crippen molar-refractivity contribution in [2.24, 2.45) is 0 Å².